The molecule has 0 radical (unpaired) electrons. The minimum Gasteiger partial charge on any atom is -0.452 e. The third-order valence-corrected chi connectivity index (χ3v) is 3.58. The third-order valence-electron chi connectivity index (χ3n) is 3.58. The number of hydrogen-bond donors (Lipinski definition) is 2. The molecule has 2 rings (SSSR count). The third kappa shape index (κ3) is 5.44. The van der Waals surface area contributed by atoms with Gasteiger partial charge in [-0.05, 0) is 37.6 Å². The van der Waals surface area contributed by atoms with Gasteiger partial charge in [0.2, 0.25) is 0 Å². The first kappa shape index (κ1) is 19.2. The quantitative estimate of drug-likeness (QED) is 0.749. The Hall–Kier alpha value is -3.15. The molecule has 0 aliphatic rings. The summed E-state index contributed by atoms with van der Waals surface area (Å²) in [4.78, 5) is 36.2. The van der Waals surface area contributed by atoms with Crippen LogP contribution in [-0.4, -0.2) is 30.9 Å². The van der Waals surface area contributed by atoms with E-state index < -0.39 is 5.97 Å². The summed E-state index contributed by atoms with van der Waals surface area (Å²) >= 11 is 0. The van der Waals surface area contributed by atoms with E-state index in [1.54, 1.807) is 36.4 Å². The number of para-hydroxylation sites is 1. The van der Waals surface area contributed by atoms with Gasteiger partial charge in [-0.15, -0.1) is 0 Å². The number of amides is 2. The van der Waals surface area contributed by atoms with Crippen molar-refractivity contribution in [3.05, 3.63) is 65.2 Å². The number of carbonyl (C=O) groups excluding carboxylic acids is 3. The number of ether oxygens (including phenoxy) is 1. The van der Waals surface area contributed by atoms with E-state index in [4.69, 9.17) is 4.74 Å². The fraction of sp³-hybridized carbons (Fsp3) is 0.250. The molecule has 0 unspecified atom stereocenters. The van der Waals surface area contributed by atoms with Crippen molar-refractivity contribution in [3.8, 4) is 0 Å². The second kappa shape index (κ2) is 9.36. The van der Waals surface area contributed by atoms with Crippen LogP contribution >= 0.6 is 0 Å². The van der Waals surface area contributed by atoms with Gasteiger partial charge in [0.05, 0.1) is 11.3 Å². The fourth-order valence-electron chi connectivity index (χ4n) is 2.28. The van der Waals surface area contributed by atoms with E-state index in [1.165, 1.54) is 6.07 Å². The smallest absolute Gasteiger partial charge is 0.340 e. The highest BCUT2D eigenvalue weighted by atomic mass is 16.5. The van der Waals surface area contributed by atoms with Crippen molar-refractivity contribution >= 4 is 23.5 Å². The lowest BCUT2D eigenvalue weighted by molar-refractivity contribution is -0.124. The predicted octanol–water partition coefficient (Wildman–Crippen LogP) is 2.93. The first-order valence-electron chi connectivity index (χ1n) is 8.42. The lowest BCUT2D eigenvalue weighted by atomic mass is 10.1. The molecule has 0 saturated heterocycles. The van der Waals surface area contributed by atoms with E-state index in [-0.39, 0.29) is 24.0 Å². The van der Waals surface area contributed by atoms with E-state index in [9.17, 15) is 14.4 Å². The van der Waals surface area contributed by atoms with Gasteiger partial charge in [0, 0.05) is 12.1 Å². The molecule has 2 amide bonds. The van der Waals surface area contributed by atoms with E-state index in [0.717, 1.165) is 12.0 Å². The van der Waals surface area contributed by atoms with Gasteiger partial charge in [-0.3, -0.25) is 9.59 Å². The Morgan fingerprint density at radius 2 is 1.81 bits per heavy atom. The van der Waals surface area contributed by atoms with Gasteiger partial charge in [0.1, 0.15) is 0 Å². The number of hydrogen-bond acceptors (Lipinski definition) is 4. The van der Waals surface area contributed by atoms with Gasteiger partial charge in [-0.1, -0.05) is 36.8 Å². The number of anilines is 1. The van der Waals surface area contributed by atoms with Gasteiger partial charge in [0.25, 0.3) is 11.8 Å². The van der Waals surface area contributed by atoms with Gasteiger partial charge in [0.15, 0.2) is 6.61 Å². The predicted molar refractivity (Wildman–Crippen MR) is 99.2 cm³/mol. The monoisotopic (exact) mass is 354 g/mol. The van der Waals surface area contributed by atoms with E-state index in [0.29, 0.717) is 17.8 Å². The molecule has 0 heterocycles. The zero-order valence-corrected chi connectivity index (χ0v) is 14.9. The molecule has 0 spiro atoms. The van der Waals surface area contributed by atoms with Crippen LogP contribution in [0.1, 0.15) is 39.6 Å². The van der Waals surface area contributed by atoms with Gasteiger partial charge >= 0.3 is 5.97 Å². The topological polar surface area (TPSA) is 84.5 Å². The maximum absolute atomic E-state index is 12.4. The molecule has 6 heteroatoms. The van der Waals surface area contributed by atoms with Crippen LogP contribution in [-0.2, 0) is 9.53 Å². The molecule has 0 bridgehead atoms. The highest BCUT2D eigenvalue weighted by molar-refractivity contribution is 6.08. The summed E-state index contributed by atoms with van der Waals surface area (Å²) in [5.74, 6) is -1.35. The van der Waals surface area contributed by atoms with Crippen LogP contribution in [0.25, 0.3) is 0 Å². The Kier molecular flexibility index (Phi) is 6.91. The molecule has 0 fully saturated rings. The lowest BCUT2D eigenvalue weighted by Gasteiger charge is -2.11. The summed E-state index contributed by atoms with van der Waals surface area (Å²) in [6.07, 6.45) is 0.799. The van der Waals surface area contributed by atoms with Gasteiger partial charge < -0.3 is 15.4 Å². The molecule has 2 N–H and O–H groups in total. The van der Waals surface area contributed by atoms with E-state index in [2.05, 4.69) is 10.6 Å². The summed E-state index contributed by atoms with van der Waals surface area (Å²) in [6.45, 7) is 3.99. The summed E-state index contributed by atoms with van der Waals surface area (Å²) in [6, 6.07) is 13.7. The Morgan fingerprint density at radius 3 is 2.54 bits per heavy atom. The van der Waals surface area contributed by atoms with Crippen molar-refractivity contribution in [1.29, 1.82) is 0 Å². The number of carbonyl (C=O) groups is 3. The molecular weight excluding hydrogens is 332 g/mol. The molecule has 0 atom stereocenters. The van der Waals surface area contributed by atoms with E-state index in [1.807, 2.05) is 19.9 Å². The van der Waals surface area contributed by atoms with Crippen LogP contribution < -0.4 is 10.6 Å². The van der Waals surface area contributed by atoms with Crippen molar-refractivity contribution in [3.63, 3.8) is 0 Å². The van der Waals surface area contributed by atoms with E-state index >= 15 is 0 Å². The number of rotatable bonds is 7. The Morgan fingerprint density at radius 1 is 1.04 bits per heavy atom. The lowest BCUT2D eigenvalue weighted by Crippen LogP contribution is -2.29. The number of esters is 1. The van der Waals surface area contributed by atoms with Crippen LogP contribution in [0, 0.1) is 6.92 Å². The Labute approximate surface area is 152 Å². The maximum atomic E-state index is 12.4. The number of nitrogens with one attached hydrogen (secondary N) is 2. The summed E-state index contributed by atoms with van der Waals surface area (Å²) < 4.78 is 5.03. The van der Waals surface area contributed by atoms with Crippen LogP contribution in [0.15, 0.2) is 48.5 Å². The van der Waals surface area contributed by atoms with Crippen molar-refractivity contribution in [2.75, 3.05) is 18.5 Å². The second-order valence-electron chi connectivity index (χ2n) is 5.80. The highest BCUT2D eigenvalue weighted by Crippen LogP contribution is 2.17. The minimum atomic E-state index is -0.670. The number of aryl methyl sites for hydroxylation is 1. The SMILES string of the molecule is CCCNC(=O)COC(=O)c1ccccc1NC(=O)c1cccc(C)c1. The standard InChI is InChI=1S/C20H22N2O4/c1-3-11-21-18(23)13-26-20(25)16-9-4-5-10-17(16)22-19(24)15-8-6-7-14(2)12-15/h4-10,12H,3,11,13H2,1-2H3,(H,21,23)(H,22,24). The summed E-state index contributed by atoms with van der Waals surface area (Å²) in [5.41, 5.74) is 1.98. The van der Waals surface area contributed by atoms with Crippen LogP contribution in [0.2, 0.25) is 0 Å². The van der Waals surface area contributed by atoms with Crippen molar-refractivity contribution in [2.45, 2.75) is 20.3 Å². The molecule has 0 saturated carbocycles. The molecule has 6 nitrogen and oxygen atoms in total. The molecule has 136 valence electrons. The number of benzene rings is 2. The van der Waals surface area contributed by atoms with Crippen LogP contribution in [0.4, 0.5) is 5.69 Å². The second-order valence-corrected chi connectivity index (χ2v) is 5.80. The fourth-order valence-corrected chi connectivity index (χ4v) is 2.28. The summed E-state index contributed by atoms with van der Waals surface area (Å²) in [5, 5.41) is 5.34. The minimum absolute atomic E-state index is 0.191. The van der Waals surface area contributed by atoms with Crippen LogP contribution in [0.5, 0.6) is 0 Å². The zero-order valence-electron chi connectivity index (χ0n) is 14.9. The highest BCUT2D eigenvalue weighted by Gasteiger charge is 2.16. The molecule has 0 aromatic heterocycles. The van der Waals surface area contributed by atoms with Gasteiger partial charge in [-0.25, -0.2) is 4.79 Å². The first-order chi connectivity index (χ1) is 12.5. The van der Waals surface area contributed by atoms with Crippen LogP contribution in [0.3, 0.4) is 0 Å². The molecular formula is C20H22N2O4. The molecule has 2 aromatic carbocycles. The van der Waals surface area contributed by atoms with Crippen molar-refractivity contribution in [2.24, 2.45) is 0 Å². The Bertz CT molecular complexity index is 802. The first-order valence-corrected chi connectivity index (χ1v) is 8.42. The molecule has 2 aromatic rings. The average Bonchev–Trinajstić information content (AvgIpc) is 2.64. The molecule has 26 heavy (non-hydrogen) atoms. The zero-order chi connectivity index (χ0) is 18.9. The molecule has 0 aliphatic heterocycles. The normalized spacial score (nSPS) is 10.1. The van der Waals surface area contributed by atoms with Crippen molar-refractivity contribution < 1.29 is 19.1 Å². The average molecular weight is 354 g/mol. The largest absolute Gasteiger partial charge is 0.452 e. The van der Waals surface area contributed by atoms with Crippen molar-refractivity contribution in [1.82, 2.24) is 5.32 Å². The Balaban J connectivity index is 2.06. The molecule has 0 aliphatic carbocycles. The summed E-state index contributed by atoms with van der Waals surface area (Å²) in [7, 11) is 0. The maximum Gasteiger partial charge on any atom is 0.340 e. The van der Waals surface area contributed by atoms with Gasteiger partial charge in [-0.2, -0.15) is 0 Å².